The van der Waals surface area contributed by atoms with Gasteiger partial charge in [-0.25, -0.2) is 0 Å². The van der Waals surface area contributed by atoms with Crippen LogP contribution in [0.1, 0.15) is 25.7 Å². The number of aromatic nitrogens is 4. The van der Waals surface area contributed by atoms with Crippen LogP contribution in [0.4, 0.5) is 0 Å². The Labute approximate surface area is 81.2 Å². The molecule has 1 aromatic heterocycles. The summed E-state index contributed by atoms with van der Waals surface area (Å²) < 4.78 is 4.85. The molecule has 1 rings (SSSR count). The van der Waals surface area contributed by atoms with Crippen LogP contribution >= 0.6 is 0 Å². The van der Waals surface area contributed by atoms with Gasteiger partial charge in [0.2, 0.25) is 5.91 Å². The normalized spacial score (nSPS) is 14.8. The van der Waals surface area contributed by atoms with E-state index in [1.165, 1.54) is 7.11 Å². The van der Waals surface area contributed by atoms with E-state index >= 15 is 0 Å². The fourth-order valence-corrected chi connectivity index (χ4v) is 0.855. The molecule has 7 heteroatoms. The van der Waals surface area contributed by atoms with Crippen molar-refractivity contribution in [1.29, 1.82) is 0 Å². The molecule has 0 radical (unpaired) electrons. The third-order valence-corrected chi connectivity index (χ3v) is 1.83. The minimum Gasteiger partial charge on any atom is -0.372 e. The van der Waals surface area contributed by atoms with E-state index < -0.39 is 6.10 Å². The Balaban J connectivity index is 2.49. The Morgan fingerprint density at radius 1 is 1.57 bits per heavy atom. The fraction of sp³-hybridized carbons (Fsp3) is 0.714. The molecule has 0 aliphatic carbocycles. The largest absolute Gasteiger partial charge is 0.372 e. The van der Waals surface area contributed by atoms with E-state index in [0.29, 0.717) is 5.82 Å². The topological polar surface area (TPSA) is 92.8 Å². The van der Waals surface area contributed by atoms with Gasteiger partial charge in [0.1, 0.15) is 6.10 Å². The summed E-state index contributed by atoms with van der Waals surface area (Å²) in [5.41, 5.74) is 0. The van der Waals surface area contributed by atoms with Crippen molar-refractivity contribution in [2.45, 2.75) is 26.0 Å². The van der Waals surface area contributed by atoms with Gasteiger partial charge in [-0.1, -0.05) is 5.21 Å². The second kappa shape index (κ2) is 4.66. The standard InChI is InChI=1S/C7H13N5O2/c1-4(6-9-11-12-10-6)8-7(13)5(2)14-3/h4-5H,1-3H3,(H,8,13)(H,9,10,11,12). The molecule has 1 heterocycles. The van der Waals surface area contributed by atoms with Crippen molar-refractivity contribution in [3.05, 3.63) is 5.82 Å². The first-order valence-electron chi connectivity index (χ1n) is 4.21. The van der Waals surface area contributed by atoms with Crippen LogP contribution in [-0.4, -0.2) is 39.7 Å². The number of methoxy groups -OCH3 is 1. The van der Waals surface area contributed by atoms with Crippen LogP contribution in [0.3, 0.4) is 0 Å². The van der Waals surface area contributed by atoms with Crippen molar-refractivity contribution in [3.8, 4) is 0 Å². The van der Waals surface area contributed by atoms with Crippen LogP contribution in [0.15, 0.2) is 0 Å². The molecule has 0 saturated carbocycles. The van der Waals surface area contributed by atoms with Crippen molar-refractivity contribution in [1.82, 2.24) is 25.9 Å². The number of ether oxygens (including phenoxy) is 1. The molecule has 0 aliphatic heterocycles. The maximum atomic E-state index is 11.4. The third-order valence-electron chi connectivity index (χ3n) is 1.83. The number of hydrogen-bond donors (Lipinski definition) is 2. The Hall–Kier alpha value is -1.50. The van der Waals surface area contributed by atoms with Gasteiger partial charge >= 0.3 is 0 Å². The molecule has 2 atom stereocenters. The lowest BCUT2D eigenvalue weighted by Gasteiger charge is -2.13. The van der Waals surface area contributed by atoms with E-state index in [0.717, 1.165) is 0 Å². The highest BCUT2D eigenvalue weighted by Crippen LogP contribution is 2.03. The first-order valence-corrected chi connectivity index (χ1v) is 4.21. The van der Waals surface area contributed by atoms with E-state index in [9.17, 15) is 4.79 Å². The highest BCUT2D eigenvalue weighted by atomic mass is 16.5. The van der Waals surface area contributed by atoms with Gasteiger partial charge in [-0.15, -0.1) is 10.2 Å². The number of nitrogens with one attached hydrogen (secondary N) is 2. The molecular formula is C7H13N5O2. The van der Waals surface area contributed by atoms with Crippen LogP contribution < -0.4 is 5.32 Å². The zero-order valence-electron chi connectivity index (χ0n) is 8.31. The number of hydrogen-bond acceptors (Lipinski definition) is 5. The number of nitrogens with zero attached hydrogens (tertiary/aromatic N) is 3. The van der Waals surface area contributed by atoms with Crippen molar-refractivity contribution >= 4 is 5.91 Å². The summed E-state index contributed by atoms with van der Waals surface area (Å²) in [7, 11) is 1.48. The highest BCUT2D eigenvalue weighted by Gasteiger charge is 2.17. The predicted molar refractivity (Wildman–Crippen MR) is 47.2 cm³/mol. The summed E-state index contributed by atoms with van der Waals surface area (Å²) in [5.74, 6) is 0.242. The number of carbonyl (C=O) groups excluding carboxylic acids is 1. The smallest absolute Gasteiger partial charge is 0.249 e. The Morgan fingerprint density at radius 2 is 2.29 bits per heavy atom. The van der Waals surface area contributed by atoms with Crippen molar-refractivity contribution in [2.75, 3.05) is 7.11 Å². The van der Waals surface area contributed by atoms with Crippen LogP contribution in [0.2, 0.25) is 0 Å². The SMILES string of the molecule is COC(C)C(=O)NC(C)c1nn[nH]n1. The van der Waals surface area contributed by atoms with E-state index in [1.807, 2.05) is 0 Å². The van der Waals surface area contributed by atoms with Gasteiger partial charge in [0.15, 0.2) is 5.82 Å². The summed E-state index contributed by atoms with van der Waals surface area (Å²) in [5, 5.41) is 15.9. The van der Waals surface area contributed by atoms with E-state index in [-0.39, 0.29) is 11.9 Å². The van der Waals surface area contributed by atoms with Gasteiger partial charge in [-0.2, -0.15) is 5.21 Å². The van der Waals surface area contributed by atoms with Gasteiger partial charge in [-0.3, -0.25) is 4.79 Å². The minimum absolute atomic E-state index is 0.204. The zero-order valence-corrected chi connectivity index (χ0v) is 8.31. The Bertz CT molecular complexity index is 286. The molecule has 0 spiro atoms. The van der Waals surface area contributed by atoms with E-state index in [1.54, 1.807) is 13.8 Å². The van der Waals surface area contributed by atoms with Gasteiger partial charge in [0, 0.05) is 7.11 Å². The number of amides is 1. The molecule has 0 fully saturated rings. The maximum Gasteiger partial charge on any atom is 0.249 e. The number of carbonyl (C=O) groups is 1. The highest BCUT2D eigenvalue weighted by molar-refractivity contribution is 5.80. The van der Waals surface area contributed by atoms with Crippen LogP contribution in [0, 0.1) is 0 Å². The summed E-state index contributed by atoms with van der Waals surface area (Å²) in [6.45, 7) is 3.43. The lowest BCUT2D eigenvalue weighted by molar-refractivity contribution is -0.130. The lowest BCUT2D eigenvalue weighted by atomic mass is 10.3. The fourth-order valence-electron chi connectivity index (χ4n) is 0.855. The van der Waals surface area contributed by atoms with Crippen molar-refractivity contribution in [3.63, 3.8) is 0 Å². The molecule has 0 aromatic carbocycles. The lowest BCUT2D eigenvalue weighted by Crippen LogP contribution is -2.35. The average Bonchev–Trinajstić information content (AvgIpc) is 2.69. The Morgan fingerprint density at radius 3 is 2.79 bits per heavy atom. The predicted octanol–water partition coefficient (Wildman–Crippen LogP) is -0.588. The second-order valence-electron chi connectivity index (χ2n) is 2.88. The average molecular weight is 199 g/mol. The number of rotatable bonds is 4. The Kier molecular flexibility index (Phi) is 3.52. The molecule has 78 valence electrons. The van der Waals surface area contributed by atoms with Crippen molar-refractivity contribution < 1.29 is 9.53 Å². The monoisotopic (exact) mass is 199 g/mol. The summed E-state index contributed by atoms with van der Waals surface area (Å²) in [6, 6.07) is -0.279. The van der Waals surface area contributed by atoms with Gasteiger partial charge < -0.3 is 10.1 Å². The molecule has 0 bridgehead atoms. The molecule has 1 aromatic rings. The first-order chi connectivity index (χ1) is 6.65. The molecular weight excluding hydrogens is 186 g/mol. The number of H-pyrrole nitrogens is 1. The summed E-state index contributed by atoms with van der Waals surface area (Å²) in [4.78, 5) is 11.4. The minimum atomic E-state index is -0.482. The van der Waals surface area contributed by atoms with Gasteiger partial charge in [0.05, 0.1) is 6.04 Å². The third kappa shape index (κ3) is 2.49. The first kappa shape index (κ1) is 10.6. The molecule has 0 aliphatic rings. The van der Waals surface area contributed by atoms with Crippen LogP contribution in [0.25, 0.3) is 0 Å². The maximum absolute atomic E-state index is 11.4. The van der Waals surface area contributed by atoms with E-state index in [2.05, 4.69) is 25.9 Å². The van der Waals surface area contributed by atoms with Gasteiger partial charge in [-0.05, 0) is 13.8 Å². The van der Waals surface area contributed by atoms with Gasteiger partial charge in [0.25, 0.3) is 0 Å². The summed E-state index contributed by atoms with van der Waals surface area (Å²) in [6.07, 6.45) is -0.482. The summed E-state index contributed by atoms with van der Waals surface area (Å²) >= 11 is 0. The van der Waals surface area contributed by atoms with Crippen molar-refractivity contribution in [2.24, 2.45) is 0 Å². The van der Waals surface area contributed by atoms with Crippen LogP contribution in [-0.2, 0) is 9.53 Å². The molecule has 0 saturated heterocycles. The van der Waals surface area contributed by atoms with E-state index in [4.69, 9.17) is 4.74 Å². The molecule has 2 N–H and O–H groups in total. The molecule has 2 unspecified atom stereocenters. The number of aromatic amines is 1. The number of tetrazole rings is 1. The zero-order chi connectivity index (χ0) is 10.6. The molecule has 14 heavy (non-hydrogen) atoms. The van der Waals surface area contributed by atoms with Crippen LogP contribution in [0.5, 0.6) is 0 Å². The molecule has 7 nitrogen and oxygen atoms in total. The quantitative estimate of drug-likeness (QED) is 0.676. The molecule has 1 amide bonds. The second-order valence-corrected chi connectivity index (χ2v) is 2.88.